The summed E-state index contributed by atoms with van der Waals surface area (Å²) in [5.74, 6) is 0.796. The van der Waals surface area contributed by atoms with E-state index in [1.807, 2.05) is 0 Å². The van der Waals surface area contributed by atoms with Crippen molar-refractivity contribution in [3.63, 3.8) is 0 Å². The van der Waals surface area contributed by atoms with Crippen LogP contribution in [0.15, 0.2) is 24.3 Å². The fourth-order valence-electron chi connectivity index (χ4n) is 3.19. The van der Waals surface area contributed by atoms with E-state index in [0.29, 0.717) is 0 Å². The molecule has 84 valence electrons. The molecule has 1 nitrogen and oxygen atoms in total. The van der Waals surface area contributed by atoms with Crippen LogP contribution in [0.3, 0.4) is 0 Å². The lowest BCUT2D eigenvalue weighted by molar-refractivity contribution is 0.515. The number of hydrogen-bond donors (Lipinski definition) is 1. The molecule has 0 aliphatic heterocycles. The standard InChI is InChI=1S/C15H19N/c1-2-6-11-7-5-10-14-15(11)12-8-3-4-9-13(12)16-14/h3-4,8-9,11,16H,2,5-7,10H2,1H3. The Balaban J connectivity index is 2.16. The maximum absolute atomic E-state index is 3.60. The third kappa shape index (κ3) is 1.46. The van der Waals surface area contributed by atoms with Crippen LogP contribution in [0.2, 0.25) is 0 Å². The molecule has 1 atom stereocenters. The number of nitrogens with one attached hydrogen (secondary N) is 1. The summed E-state index contributed by atoms with van der Waals surface area (Å²) in [5.41, 5.74) is 4.46. The van der Waals surface area contributed by atoms with Gasteiger partial charge in [-0.1, -0.05) is 31.5 Å². The molecule has 1 aliphatic rings. The van der Waals surface area contributed by atoms with Crippen LogP contribution in [0.5, 0.6) is 0 Å². The maximum atomic E-state index is 3.60. The number of benzene rings is 1. The van der Waals surface area contributed by atoms with Crippen LogP contribution in [0.4, 0.5) is 0 Å². The van der Waals surface area contributed by atoms with Crippen molar-refractivity contribution in [1.29, 1.82) is 0 Å². The van der Waals surface area contributed by atoms with Crippen LogP contribution in [-0.2, 0) is 6.42 Å². The molecule has 16 heavy (non-hydrogen) atoms. The fourth-order valence-corrected chi connectivity index (χ4v) is 3.19. The summed E-state index contributed by atoms with van der Waals surface area (Å²) in [6.45, 7) is 2.29. The topological polar surface area (TPSA) is 15.8 Å². The highest BCUT2D eigenvalue weighted by Gasteiger charge is 2.23. The second-order valence-corrected chi connectivity index (χ2v) is 4.94. The number of aromatic nitrogens is 1. The van der Waals surface area contributed by atoms with Gasteiger partial charge in [0.25, 0.3) is 0 Å². The average molecular weight is 213 g/mol. The highest BCUT2D eigenvalue weighted by molar-refractivity contribution is 5.85. The second-order valence-electron chi connectivity index (χ2n) is 4.94. The van der Waals surface area contributed by atoms with Crippen LogP contribution < -0.4 is 0 Å². The highest BCUT2D eigenvalue weighted by Crippen LogP contribution is 2.39. The smallest absolute Gasteiger partial charge is 0.0459 e. The van der Waals surface area contributed by atoms with Gasteiger partial charge in [-0.25, -0.2) is 0 Å². The van der Waals surface area contributed by atoms with E-state index >= 15 is 0 Å². The molecule has 1 unspecified atom stereocenters. The quantitative estimate of drug-likeness (QED) is 0.761. The molecule has 1 aromatic heterocycles. The molecule has 1 aromatic carbocycles. The molecule has 0 bridgehead atoms. The Morgan fingerprint density at radius 3 is 3.06 bits per heavy atom. The van der Waals surface area contributed by atoms with Crippen molar-refractivity contribution in [2.24, 2.45) is 0 Å². The number of fused-ring (bicyclic) bond motifs is 3. The number of aryl methyl sites for hydroxylation is 1. The Morgan fingerprint density at radius 1 is 1.31 bits per heavy atom. The summed E-state index contributed by atoms with van der Waals surface area (Å²) >= 11 is 0. The first-order valence-electron chi connectivity index (χ1n) is 6.49. The Kier molecular flexibility index (Phi) is 2.47. The number of aromatic amines is 1. The minimum absolute atomic E-state index is 0.796. The first-order valence-corrected chi connectivity index (χ1v) is 6.49. The van der Waals surface area contributed by atoms with Gasteiger partial charge in [0.2, 0.25) is 0 Å². The molecule has 0 amide bonds. The van der Waals surface area contributed by atoms with Crippen LogP contribution in [0.25, 0.3) is 10.9 Å². The van der Waals surface area contributed by atoms with E-state index in [1.165, 1.54) is 48.7 Å². The summed E-state index contributed by atoms with van der Waals surface area (Å²) in [4.78, 5) is 3.60. The monoisotopic (exact) mass is 213 g/mol. The number of H-pyrrole nitrogens is 1. The van der Waals surface area contributed by atoms with E-state index in [0.717, 1.165) is 5.92 Å². The van der Waals surface area contributed by atoms with Gasteiger partial charge in [-0.2, -0.15) is 0 Å². The van der Waals surface area contributed by atoms with Gasteiger partial charge in [0, 0.05) is 16.6 Å². The molecule has 2 aromatic rings. The Labute approximate surface area is 96.9 Å². The van der Waals surface area contributed by atoms with Gasteiger partial charge in [0.15, 0.2) is 0 Å². The molecule has 0 fully saturated rings. The van der Waals surface area contributed by atoms with Gasteiger partial charge < -0.3 is 4.98 Å². The molecule has 0 saturated heterocycles. The number of para-hydroxylation sites is 1. The van der Waals surface area contributed by atoms with E-state index in [-0.39, 0.29) is 0 Å². The summed E-state index contributed by atoms with van der Waals surface area (Å²) in [6, 6.07) is 8.77. The Hall–Kier alpha value is -1.24. The van der Waals surface area contributed by atoms with E-state index in [2.05, 4.69) is 36.2 Å². The maximum Gasteiger partial charge on any atom is 0.0459 e. The lowest BCUT2D eigenvalue weighted by Gasteiger charge is -2.22. The van der Waals surface area contributed by atoms with E-state index in [9.17, 15) is 0 Å². The number of hydrogen-bond acceptors (Lipinski definition) is 0. The zero-order chi connectivity index (χ0) is 11.0. The third-order valence-electron chi connectivity index (χ3n) is 3.85. The molecule has 0 spiro atoms. The Bertz CT molecular complexity index is 495. The molecule has 0 radical (unpaired) electrons. The summed E-state index contributed by atoms with van der Waals surface area (Å²) in [7, 11) is 0. The van der Waals surface area contributed by atoms with Crippen molar-refractivity contribution >= 4 is 10.9 Å². The largest absolute Gasteiger partial charge is 0.358 e. The minimum atomic E-state index is 0.796. The van der Waals surface area contributed by atoms with Crippen molar-refractivity contribution < 1.29 is 0 Å². The Morgan fingerprint density at radius 2 is 2.19 bits per heavy atom. The lowest BCUT2D eigenvalue weighted by Crippen LogP contribution is -2.08. The van der Waals surface area contributed by atoms with Crippen molar-refractivity contribution in [2.45, 2.75) is 44.9 Å². The minimum Gasteiger partial charge on any atom is -0.358 e. The number of rotatable bonds is 2. The predicted octanol–water partition coefficient (Wildman–Crippen LogP) is 4.39. The van der Waals surface area contributed by atoms with E-state index in [1.54, 1.807) is 5.56 Å². The molecule has 0 saturated carbocycles. The van der Waals surface area contributed by atoms with Crippen LogP contribution >= 0.6 is 0 Å². The molecule has 1 heteroatoms. The van der Waals surface area contributed by atoms with Crippen molar-refractivity contribution in [1.82, 2.24) is 4.98 Å². The third-order valence-corrected chi connectivity index (χ3v) is 3.85. The van der Waals surface area contributed by atoms with Gasteiger partial charge in [-0.05, 0) is 43.2 Å². The first kappa shape index (κ1) is 9.95. The van der Waals surface area contributed by atoms with Gasteiger partial charge in [0.05, 0.1) is 0 Å². The van der Waals surface area contributed by atoms with Gasteiger partial charge >= 0.3 is 0 Å². The van der Waals surface area contributed by atoms with E-state index < -0.39 is 0 Å². The van der Waals surface area contributed by atoms with Gasteiger partial charge in [-0.15, -0.1) is 0 Å². The predicted molar refractivity (Wildman–Crippen MR) is 68.9 cm³/mol. The summed E-state index contributed by atoms with van der Waals surface area (Å²) < 4.78 is 0. The van der Waals surface area contributed by atoms with Crippen molar-refractivity contribution in [3.8, 4) is 0 Å². The second kappa shape index (κ2) is 3.97. The zero-order valence-electron chi connectivity index (χ0n) is 9.92. The van der Waals surface area contributed by atoms with Crippen LogP contribution in [0.1, 0.15) is 49.8 Å². The fraction of sp³-hybridized carbons (Fsp3) is 0.467. The zero-order valence-corrected chi connectivity index (χ0v) is 9.92. The molecule has 1 N–H and O–H groups in total. The van der Waals surface area contributed by atoms with Gasteiger partial charge in [-0.3, -0.25) is 0 Å². The summed E-state index contributed by atoms with van der Waals surface area (Å²) in [6.07, 6.45) is 6.61. The lowest BCUT2D eigenvalue weighted by atomic mass is 9.82. The van der Waals surface area contributed by atoms with Crippen LogP contribution in [-0.4, -0.2) is 4.98 Å². The molecular formula is C15H19N. The SMILES string of the molecule is CCCC1CCCc2[nH]c3ccccc3c21. The molecule has 1 heterocycles. The average Bonchev–Trinajstić information content (AvgIpc) is 2.68. The molecule has 3 rings (SSSR count). The van der Waals surface area contributed by atoms with Crippen LogP contribution in [0, 0.1) is 0 Å². The van der Waals surface area contributed by atoms with Gasteiger partial charge in [0.1, 0.15) is 0 Å². The van der Waals surface area contributed by atoms with Crippen molar-refractivity contribution in [3.05, 3.63) is 35.5 Å². The summed E-state index contributed by atoms with van der Waals surface area (Å²) in [5, 5.41) is 1.47. The molecule has 1 aliphatic carbocycles. The van der Waals surface area contributed by atoms with Crippen molar-refractivity contribution in [2.75, 3.05) is 0 Å². The normalized spacial score (nSPS) is 19.9. The van der Waals surface area contributed by atoms with E-state index in [4.69, 9.17) is 0 Å². The highest BCUT2D eigenvalue weighted by atomic mass is 14.7. The molecular weight excluding hydrogens is 194 g/mol. The first-order chi connectivity index (χ1) is 7.90.